The molecule has 3 atom stereocenters. The lowest BCUT2D eigenvalue weighted by Crippen LogP contribution is -2.51. The summed E-state index contributed by atoms with van der Waals surface area (Å²) in [5.74, 6) is -0.234. The van der Waals surface area contributed by atoms with Gasteiger partial charge in [-0.15, -0.1) is 11.8 Å². The minimum absolute atomic E-state index is 0.0764. The van der Waals surface area contributed by atoms with Gasteiger partial charge in [0, 0.05) is 5.75 Å². The van der Waals surface area contributed by atoms with E-state index in [1.54, 1.807) is 0 Å². The molecule has 1 fully saturated rings. The van der Waals surface area contributed by atoms with Crippen molar-refractivity contribution in [2.24, 2.45) is 11.7 Å². The summed E-state index contributed by atoms with van der Waals surface area (Å²) in [5, 5.41) is 8.96. The highest BCUT2D eigenvalue weighted by Crippen LogP contribution is 2.23. The van der Waals surface area contributed by atoms with Crippen molar-refractivity contribution in [3.05, 3.63) is 0 Å². The van der Waals surface area contributed by atoms with Crippen LogP contribution in [0.15, 0.2) is 0 Å². The van der Waals surface area contributed by atoms with E-state index in [0.29, 0.717) is 11.6 Å². The summed E-state index contributed by atoms with van der Waals surface area (Å²) >= 11 is 1.45. The molecule has 0 spiro atoms. The Morgan fingerprint density at radius 2 is 2.25 bits per heavy atom. The van der Waals surface area contributed by atoms with Crippen LogP contribution >= 0.6 is 11.8 Å². The van der Waals surface area contributed by atoms with E-state index in [1.165, 1.54) is 16.7 Å². The van der Waals surface area contributed by atoms with Gasteiger partial charge in [-0.1, -0.05) is 20.3 Å². The first-order chi connectivity index (χ1) is 7.49. The first kappa shape index (κ1) is 13.3. The maximum atomic E-state index is 12.0. The summed E-state index contributed by atoms with van der Waals surface area (Å²) in [5.41, 5.74) is 5.82. The highest BCUT2D eigenvalue weighted by molar-refractivity contribution is 7.99. The first-order valence-electron chi connectivity index (χ1n) is 5.35. The van der Waals surface area contributed by atoms with Crippen molar-refractivity contribution >= 4 is 23.6 Å². The fourth-order valence-corrected chi connectivity index (χ4v) is 2.71. The van der Waals surface area contributed by atoms with Gasteiger partial charge >= 0.3 is 5.97 Å². The Kier molecular flexibility index (Phi) is 4.61. The normalized spacial score (nSPS) is 24.2. The lowest BCUT2D eigenvalue weighted by molar-refractivity contribution is -0.148. The Labute approximate surface area is 99.4 Å². The highest BCUT2D eigenvalue weighted by atomic mass is 32.2. The van der Waals surface area contributed by atoms with Crippen molar-refractivity contribution < 1.29 is 14.7 Å². The summed E-state index contributed by atoms with van der Waals surface area (Å²) in [4.78, 5) is 24.3. The topological polar surface area (TPSA) is 83.6 Å². The zero-order valence-corrected chi connectivity index (χ0v) is 10.4. The van der Waals surface area contributed by atoms with Gasteiger partial charge in [0.2, 0.25) is 5.91 Å². The van der Waals surface area contributed by atoms with Crippen LogP contribution in [0, 0.1) is 5.92 Å². The molecule has 0 aromatic heterocycles. The quantitative estimate of drug-likeness (QED) is 0.747. The van der Waals surface area contributed by atoms with Gasteiger partial charge in [0.15, 0.2) is 0 Å². The molecule has 0 unspecified atom stereocenters. The molecular formula is C10H18N2O3S. The Bertz CT molecular complexity index is 285. The van der Waals surface area contributed by atoms with Crippen LogP contribution < -0.4 is 5.73 Å². The molecule has 0 bridgehead atoms. The molecule has 1 heterocycles. The SMILES string of the molecule is CC[C@H](C)[C@H](N)C(=O)N1CSC[C@H]1C(=O)O. The molecule has 5 nitrogen and oxygen atoms in total. The van der Waals surface area contributed by atoms with E-state index in [4.69, 9.17) is 10.8 Å². The second-order valence-electron chi connectivity index (χ2n) is 4.07. The van der Waals surface area contributed by atoms with Gasteiger partial charge in [0.1, 0.15) is 6.04 Å². The van der Waals surface area contributed by atoms with Gasteiger partial charge < -0.3 is 15.7 Å². The molecule has 92 valence electrons. The van der Waals surface area contributed by atoms with E-state index in [0.717, 1.165) is 6.42 Å². The van der Waals surface area contributed by atoms with Gasteiger partial charge in [-0.05, 0) is 5.92 Å². The molecule has 1 aliphatic rings. The van der Waals surface area contributed by atoms with Gasteiger partial charge in [-0.2, -0.15) is 0 Å². The third-order valence-electron chi connectivity index (χ3n) is 2.99. The molecule has 1 amide bonds. The van der Waals surface area contributed by atoms with Crippen molar-refractivity contribution in [3.63, 3.8) is 0 Å². The van der Waals surface area contributed by atoms with Crippen LogP contribution in [0.3, 0.4) is 0 Å². The van der Waals surface area contributed by atoms with Gasteiger partial charge in [-0.3, -0.25) is 4.79 Å². The van der Waals surface area contributed by atoms with Crippen LogP contribution in [-0.2, 0) is 9.59 Å². The Morgan fingerprint density at radius 3 is 2.75 bits per heavy atom. The van der Waals surface area contributed by atoms with Gasteiger partial charge in [-0.25, -0.2) is 4.79 Å². The maximum Gasteiger partial charge on any atom is 0.327 e. The molecule has 0 saturated carbocycles. The lowest BCUT2D eigenvalue weighted by Gasteiger charge is -2.26. The van der Waals surface area contributed by atoms with E-state index >= 15 is 0 Å². The summed E-state index contributed by atoms with van der Waals surface area (Å²) in [7, 11) is 0. The third-order valence-corrected chi connectivity index (χ3v) is 4.00. The Morgan fingerprint density at radius 1 is 1.62 bits per heavy atom. The van der Waals surface area contributed by atoms with Crippen molar-refractivity contribution in [1.82, 2.24) is 4.90 Å². The zero-order chi connectivity index (χ0) is 12.3. The molecular weight excluding hydrogens is 228 g/mol. The molecule has 3 N–H and O–H groups in total. The smallest absolute Gasteiger partial charge is 0.327 e. The van der Waals surface area contributed by atoms with Gasteiger partial charge in [0.05, 0.1) is 11.9 Å². The number of hydrogen-bond acceptors (Lipinski definition) is 4. The molecule has 0 aromatic carbocycles. The van der Waals surface area contributed by atoms with Crippen molar-refractivity contribution in [2.45, 2.75) is 32.4 Å². The second kappa shape index (κ2) is 5.54. The Hall–Kier alpha value is -0.750. The average molecular weight is 246 g/mol. The van der Waals surface area contributed by atoms with Crippen LogP contribution in [0.2, 0.25) is 0 Å². The number of rotatable bonds is 4. The average Bonchev–Trinajstić information content (AvgIpc) is 2.74. The molecule has 6 heteroatoms. The molecule has 0 aliphatic carbocycles. The number of carboxylic acids is 1. The fourth-order valence-electron chi connectivity index (χ4n) is 1.55. The Balaban J connectivity index is 2.69. The van der Waals surface area contributed by atoms with Crippen LogP contribution in [0.4, 0.5) is 0 Å². The van der Waals surface area contributed by atoms with E-state index in [1.807, 2.05) is 13.8 Å². The van der Waals surface area contributed by atoms with Crippen molar-refractivity contribution in [3.8, 4) is 0 Å². The predicted molar refractivity (Wildman–Crippen MR) is 63.0 cm³/mol. The summed E-state index contributed by atoms with van der Waals surface area (Å²) < 4.78 is 0. The number of nitrogens with two attached hydrogens (primary N) is 1. The van der Waals surface area contributed by atoms with Crippen LogP contribution in [0.1, 0.15) is 20.3 Å². The summed E-state index contributed by atoms with van der Waals surface area (Å²) in [6.07, 6.45) is 0.811. The summed E-state index contributed by atoms with van der Waals surface area (Å²) in [6, 6.07) is -1.31. The van der Waals surface area contributed by atoms with Crippen LogP contribution in [0.5, 0.6) is 0 Å². The van der Waals surface area contributed by atoms with Crippen LogP contribution in [0.25, 0.3) is 0 Å². The number of nitrogens with zero attached hydrogens (tertiary/aromatic N) is 1. The summed E-state index contributed by atoms with van der Waals surface area (Å²) in [6.45, 7) is 3.87. The maximum absolute atomic E-state index is 12.0. The monoisotopic (exact) mass is 246 g/mol. The van der Waals surface area contributed by atoms with E-state index in [2.05, 4.69) is 0 Å². The number of aliphatic carboxylic acids is 1. The second-order valence-corrected chi connectivity index (χ2v) is 5.07. The van der Waals surface area contributed by atoms with E-state index in [9.17, 15) is 9.59 Å². The van der Waals surface area contributed by atoms with Crippen molar-refractivity contribution in [2.75, 3.05) is 11.6 Å². The number of carbonyl (C=O) groups excluding carboxylic acids is 1. The third kappa shape index (κ3) is 2.68. The molecule has 0 aromatic rings. The first-order valence-corrected chi connectivity index (χ1v) is 6.51. The molecule has 1 aliphatic heterocycles. The highest BCUT2D eigenvalue weighted by Gasteiger charge is 2.37. The molecule has 16 heavy (non-hydrogen) atoms. The minimum atomic E-state index is -0.949. The van der Waals surface area contributed by atoms with Crippen molar-refractivity contribution in [1.29, 1.82) is 0 Å². The standard InChI is InChI=1S/C10H18N2O3S/c1-3-6(2)8(11)9(13)12-5-16-4-7(12)10(14)15/h6-8H,3-5,11H2,1-2H3,(H,14,15)/t6-,7-,8-/m0/s1. The van der Waals surface area contributed by atoms with E-state index in [-0.39, 0.29) is 11.8 Å². The molecule has 1 saturated heterocycles. The zero-order valence-electron chi connectivity index (χ0n) is 9.55. The van der Waals surface area contributed by atoms with E-state index < -0.39 is 18.1 Å². The van der Waals surface area contributed by atoms with Gasteiger partial charge in [0.25, 0.3) is 0 Å². The largest absolute Gasteiger partial charge is 0.480 e. The fraction of sp³-hybridized carbons (Fsp3) is 0.800. The van der Waals surface area contributed by atoms with Crippen LogP contribution in [-0.4, -0.2) is 45.6 Å². The number of carboxylic acid groups (broad SMARTS) is 1. The molecule has 1 rings (SSSR count). The molecule has 0 radical (unpaired) electrons. The number of carbonyl (C=O) groups is 2. The number of amides is 1. The number of hydrogen-bond donors (Lipinski definition) is 2. The predicted octanol–water partition coefficient (Wildman–Crippen LogP) is 0.346. The lowest BCUT2D eigenvalue weighted by atomic mass is 9.98. The minimum Gasteiger partial charge on any atom is -0.480 e. The number of thioether (sulfide) groups is 1.